The average molecular weight is 474 g/mol. The highest BCUT2D eigenvalue weighted by atomic mass is 32.1. The van der Waals surface area contributed by atoms with Crippen molar-refractivity contribution < 1.29 is 23.9 Å². The quantitative estimate of drug-likeness (QED) is 0.633. The van der Waals surface area contributed by atoms with Gasteiger partial charge in [0.2, 0.25) is 22.7 Å². The van der Waals surface area contributed by atoms with Crippen LogP contribution >= 0.6 is 11.3 Å². The largest absolute Gasteiger partial charge is 0.454 e. The van der Waals surface area contributed by atoms with Crippen LogP contribution in [0.15, 0.2) is 18.2 Å². The third-order valence-corrected chi connectivity index (χ3v) is 6.44. The zero-order valence-electron chi connectivity index (χ0n) is 18.6. The van der Waals surface area contributed by atoms with Gasteiger partial charge in [-0.15, -0.1) is 10.2 Å². The number of rotatable bonds is 7. The van der Waals surface area contributed by atoms with Crippen LogP contribution in [0.2, 0.25) is 0 Å². The van der Waals surface area contributed by atoms with E-state index in [1.807, 2.05) is 0 Å². The van der Waals surface area contributed by atoms with Crippen molar-refractivity contribution in [3.8, 4) is 11.5 Å². The molecule has 1 aromatic heterocycles. The van der Waals surface area contributed by atoms with Crippen LogP contribution in [0.1, 0.15) is 52.7 Å². The molecule has 0 spiro atoms. The topological polar surface area (TPSA) is 123 Å². The summed E-state index contributed by atoms with van der Waals surface area (Å²) < 4.78 is 10.6. The lowest BCUT2D eigenvalue weighted by molar-refractivity contribution is -0.126. The summed E-state index contributed by atoms with van der Waals surface area (Å²) in [5.74, 6) is 0.647. The molecule has 1 fully saturated rings. The number of carbonyl (C=O) groups excluding carboxylic acids is 3. The third-order valence-electron chi connectivity index (χ3n) is 5.53. The lowest BCUT2D eigenvalue weighted by atomic mass is 9.97. The molecule has 0 radical (unpaired) electrons. The van der Waals surface area contributed by atoms with Gasteiger partial charge in [-0.05, 0) is 37.3 Å². The van der Waals surface area contributed by atoms with Crippen LogP contribution in [0.5, 0.6) is 11.5 Å². The van der Waals surface area contributed by atoms with E-state index in [0.29, 0.717) is 42.7 Å². The fraction of sp³-hybridized carbons (Fsp3) is 0.500. The molecule has 4 rings (SSSR count). The second-order valence-corrected chi connectivity index (χ2v) is 9.48. The Morgan fingerprint density at radius 1 is 1.18 bits per heavy atom. The van der Waals surface area contributed by atoms with Crippen molar-refractivity contribution in [2.45, 2.75) is 33.1 Å². The summed E-state index contributed by atoms with van der Waals surface area (Å²) in [6, 6.07) is 5.06. The molecule has 2 aliphatic rings. The van der Waals surface area contributed by atoms with Crippen molar-refractivity contribution in [1.29, 1.82) is 0 Å². The van der Waals surface area contributed by atoms with Gasteiger partial charge in [-0.2, -0.15) is 0 Å². The lowest BCUT2D eigenvalue weighted by Crippen LogP contribution is -2.45. The first-order valence-electron chi connectivity index (χ1n) is 11.0. The number of fused-ring (bicyclic) bond motifs is 1. The number of carbonyl (C=O) groups is 3. The van der Waals surface area contributed by atoms with E-state index in [9.17, 15) is 14.4 Å². The number of hydrogen-bond acceptors (Lipinski definition) is 8. The SMILES string of the molecule is CC(C)CCNC(=O)C1CCCN(C(=O)c2nnc(C(=O)Nc3ccc4c(c3)OCO4)s2)C1. The molecular weight excluding hydrogens is 446 g/mol. The van der Waals surface area contributed by atoms with Gasteiger partial charge in [-0.25, -0.2) is 0 Å². The van der Waals surface area contributed by atoms with Gasteiger partial charge in [0.1, 0.15) is 0 Å². The number of hydrogen-bond donors (Lipinski definition) is 2. The van der Waals surface area contributed by atoms with Crippen LogP contribution in [-0.4, -0.2) is 59.2 Å². The summed E-state index contributed by atoms with van der Waals surface area (Å²) in [5.41, 5.74) is 0.523. The normalized spacial score (nSPS) is 17.2. The maximum atomic E-state index is 12.9. The smallest absolute Gasteiger partial charge is 0.286 e. The molecule has 0 aliphatic carbocycles. The maximum Gasteiger partial charge on any atom is 0.286 e. The minimum absolute atomic E-state index is 0.0193. The number of nitrogens with zero attached hydrogens (tertiary/aromatic N) is 3. The van der Waals surface area contributed by atoms with E-state index < -0.39 is 5.91 Å². The van der Waals surface area contributed by atoms with E-state index in [0.717, 1.165) is 30.6 Å². The van der Waals surface area contributed by atoms with Crippen LogP contribution < -0.4 is 20.1 Å². The Labute approximate surface area is 195 Å². The Morgan fingerprint density at radius 3 is 2.79 bits per heavy atom. The van der Waals surface area contributed by atoms with Crippen LogP contribution in [0.3, 0.4) is 0 Å². The Bertz CT molecular complexity index is 1040. The first-order valence-corrected chi connectivity index (χ1v) is 11.8. The Kier molecular flexibility index (Phi) is 7.07. The van der Waals surface area contributed by atoms with Gasteiger partial charge in [0.25, 0.3) is 11.8 Å². The highest BCUT2D eigenvalue weighted by molar-refractivity contribution is 7.15. The number of aromatic nitrogens is 2. The second kappa shape index (κ2) is 10.2. The molecule has 1 unspecified atom stereocenters. The second-order valence-electron chi connectivity index (χ2n) is 8.50. The van der Waals surface area contributed by atoms with Crippen molar-refractivity contribution in [1.82, 2.24) is 20.4 Å². The van der Waals surface area contributed by atoms with Crippen molar-refractivity contribution in [2.24, 2.45) is 11.8 Å². The molecule has 0 saturated carbocycles. The monoisotopic (exact) mass is 473 g/mol. The Morgan fingerprint density at radius 2 is 1.97 bits per heavy atom. The molecule has 3 amide bonds. The van der Waals surface area contributed by atoms with E-state index in [-0.39, 0.29) is 34.5 Å². The molecule has 176 valence electrons. The zero-order chi connectivity index (χ0) is 23.4. The van der Waals surface area contributed by atoms with Crippen molar-refractivity contribution in [3.63, 3.8) is 0 Å². The number of likely N-dealkylation sites (tertiary alicyclic amines) is 1. The van der Waals surface area contributed by atoms with Gasteiger partial charge in [0, 0.05) is 31.4 Å². The number of piperidine rings is 1. The molecule has 2 N–H and O–H groups in total. The van der Waals surface area contributed by atoms with Gasteiger partial charge in [0.15, 0.2) is 11.5 Å². The summed E-state index contributed by atoms with van der Waals surface area (Å²) >= 11 is 0.932. The molecule has 2 aliphatic heterocycles. The predicted molar refractivity (Wildman–Crippen MR) is 122 cm³/mol. The molecule has 33 heavy (non-hydrogen) atoms. The number of ether oxygens (including phenoxy) is 2. The lowest BCUT2D eigenvalue weighted by Gasteiger charge is -2.31. The fourth-order valence-corrected chi connectivity index (χ4v) is 4.41. The highest BCUT2D eigenvalue weighted by Crippen LogP contribution is 2.34. The minimum atomic E-state index is -0.466. The van der Waals surface area contributed by atoms with Crippen molar-refractivity contribution in [3.05, 3.63) is 28.2 Å². The molecule has 1 aromatic carbocycles. The van der Waals surface area contributed by atoms with E-state index >= 15 is 0 Å². The minimum Gasteiger partial charge on any atom is -0.454 e. The molecule has 10 nitrogen and oxygen atoms in total. The standard InChI is InChI=1S/C22H27N5O5S/c1-13(2)7-8-23-18(28)14-4-3-9-27(11-14)22(30)21-26-25-20(33-21)19(29)24-15-5-6-16-17(10-15)32-12-31-16/h5-6,10,13-14H,3-4,7-9,11-12H2,1-2H3,(H,23,28)(H,24,29). The summed E-state index contributed by atoms with van der Waals surface area (Å²) in [7, 11) is 0. The summed E-state index contributed by atoms with van der Waals surface area (Å²) in [4.78, 5) is 39.6. The van der Waals surface area contributed by atoms with E-state index in [1.54, 1.807) is 23.1 Å². The highest BCUT2D eigenvalue weighted by Gasteiger charge is 2.31. The molecular formula is C22H27N5O5S. The van der Waals surface area contributed by atoms with Crippen LogP contribution in [-0.2, 0) is 4.79 Å². The van der Waals surface area contributed by atoms with Gasteiger partial charge < -0.3 is 25.0 Å². The molecule has 3 heterocycles. The van der Waals surface area contributed by atoms with Gasteiger partial charge in [-0.3, -0.25) is 14.4 Å². The molecule has 2 aromatic rings. The number of benzene rings is 1. The number of anilines is 1. The number of amides is 3. The Balaban J connectivity index is 1.34. The molecule has 1 saturated heterocycles. The molecule has 0 bridgehead atoms. The number of nitrogens with one attached hydrogen (secondary N) is 2. The maximum absolute atomic E-state index is 12.9. The summed E-state index contributed by atoms with van der Waals surface area (Å²) in [5, 5.41) is 13.7. The first-order chi connectivity index (χ1) is 15.9. The van der Waals surface area contributed by atoms with Crippen molar-refractivity contribution in [2.75, 3.05) is 31.7 Å². The van der Waals surface area contributed by atoms with E-state index in [4.69, 9.17) is 9.47 Å². The first kappa shape index (κ1) is 23.0. The van der Waals surface area contributed by atoms with E-state index in [1.165, 1.54) is 0 Å². The van der Waals surface area contributed by atoms with Crippen LogP contribution in [0.25, 0.3) is 0 Å². The summed E-state index contributed by atoms with van der Waals surface area (Å²) in [6.07, 6.45) is 2.41. The van der Waals surface area contributed by atoms with Crippen LogP contribution in [0, 0.1) is 11.8 Å². The Hall–Kier alpha value is -3.21. The fourth-order valence-electron chi connectivity index (χ4n) is 3.70. The van der Waals surface area contributed by atoms with Gasteiger partial charge in [-0.1, -0.05) is 25.2 Å². The van der Waals surface area contributed by atoms with Gasteiger partial charge >= 0.3 is 0 Å². The molecule has 11 heteroatoms. The van der Waals surface area contributed by atoms with E-state index in [2.05, 4.69) is 34.7 Å². The van der Waals surface area contributed by atoms with Gasteiger partial charge in [0.05, 0.1) is 5.92 Å². The summed E-state index contributed by atoms with van der Waals surface area (Å²) in [6.45, 7) is 5.89. The average Bonchev–Trinajstić information content (AvgIpc) is 3.48. The molecule has 1 atom stereocenters. The van der Waals surface area contributed by atoms with Crippen LogP contribution in [0.4, 0.5) is 5.69 Å². The van der Waals surface area contributed by atoms with Crippen molar-refractivity contribution >= 4 is 34.7 Å². The predicted octanol–water partition coefficient (Wildman–Crippen LogP) is 2.53. The zero-order valence-corrected chi connectivity index (χ0v) is 19.4. The third kappa shape index (κ3) is 5.59.